The highest BCUT2D eigenvalue weighted by molar-refractivity contribution is 7.89. The fourth-order valence-electron chi connectivity index (χ4n) is 3.46. The second-order valence-corrected chi connectivity index (χ2v) is 9.03. The van der Waals surface area contributed by atoms with Gasteiger partial charge in [0.05, 0.1) is 0 Å². The van der Waals surface area contributed by atoms with E-state index in [1.807, 2.05) is 32.0 Å². The molecule has 1 aliphatic heterocycles. The van der Waals surface area contributed by atoms with Crippen molar-refractivity contribution in [2.45, 2.75) is 31.6 Å². The van der Waals surface area contributed by atoms with E-state index in [-0.39, 0.29) is 24.9 Å². The summed E-state index contributed by atoms with van der Waals surface area (Å²) in [6.07, 6.45) is 0.625. The van der Waals surface area contributed by atoms with Crippen molar-refractivity contribution in [1.82, 2.24) is 4.31 Å². The molecule has 150 valence electrons. The number of rotatable bonds is 4. The van der Waals surface area contributed by atoms with Crippen molar-refractivity contribution in [3.8, 4) is 0 Å². The molecule has 0 atom stereocenters. The van der Waals surface area contributed by atoms with Crippen LogP contribution < -0.4 is 5.32 Å². The molecule has 0 aliphatic carbocycles. The number of piperidine rings is 1. The van der Waals surface area contributed by atoms with E-state index in [1.165, 1.54) is 0 Å². The summed E-state index contributed by atoms with van der Waals surface area (Å²) >= 11 is 0. The molecule has 0 aromatic heterocycles. The number of hydrogen-bond acceptors (Lipinski definition) is 3. The van der Waals surface area contributed by atoms with Crippen molar-refractivity contribution >= 4 is 21.6 Å². The predicted molar refractivity (Wildman–Crippen MR) is 102 cm³/mol. The molecule has 1 saturated heterocycles. The van der Waals surface area contributed by atoms with E-state index in [9.17, 15) is 22.0 Å². The lowest BCUT2D eigenvalue weighted by atomic mass is 9.97. The number of nitrogens with zero attached hydrogens (tertiary/aromatic N) is 1. The largest absolute Gasteiger partial charge is 0.326 e. The first-order valence-corrected chi connectivity index (χ1v) is 10.4. The molecule has 1 fully saturated rings. The van der Waals surface area contributed by atoms with Crippen molar-refractivity contribution in [3.05, 3.63) is 59.2 Å². The molecule has 0 radical (unpaired) electrons. The lowest BCUT2D eigenvalue weighted by molar-refractivity contribution is -0.120. The highest BCUT2D eigenvalue weighted by Crippen LogP contribution is 2.27. The molecule has 0 spiro atoms. The zero-order valence-corrected chi connectivity index (χ0v) is 16.5. The molecule has 1 amide bonds. The average molecular weight is 408 g/mol. The van der Waals surface area contributed by atoms with Crippen molar-refractivity contribution in [2.75, 3.05) is 18.4 Å². The minimum absolute atomic E-state index is 0.0726. The number of anilines is 1. The molecule has 28 heavy (non-hydrogen) atoms. The number of sulfonamides is 1. The molecule has 1 aliphatic rings. The van der Waals surface area contributed by atoms with Crippen LogP contribution in [0.2, 0.25) is 0 Å². The van der Waals surface area contributed by atoms with E-state index >= 15 is 0 Å². The van der Waals surface area contributed by atoms with Crippen LogP contribution in [0.25, 0.3) is 0 Å². The summed E-state index contributed by atoms with van der Waals surface area (Å²) in [7, 11) is -4.15. The fraction of sp³-hybridized carbons (Fsp3) is 0.350. The molecule has 5 nitrogen and oxygen atoms in total. The monoisotopic (exact) mass is 408 g/mol. The summed E-state index contributed by atoms with van der Waals surface area (Å²) in [4.78, 5) is 11.9. The van der Waals surface area contributed by atoms with Gasteiger partial charge in [0.15, 0.2) is 0 Å². The number of halogens is 2. The summed E-state index contributed by atoms with van der Waals surface area (Å²) in [5.74, 6) is -2.32. The van der Waals surface area contributed by atoms with Crippen LogP contribution >= 0.6 is 0 Å². The maximum Gasteiger partial charge on any atom is 0.246 e. The zero-order valence-electron chi connectivity index (χ0n) is 15.7. The Hall–Kier alpha value is -2.32. The minimum Gasteiger partial charge on any atom is -0.326 e. The van der Waals surface area contributed by atoms with E-state index in [4.69, 9.17) is 0 Å². The summed E-state index contributed by atoms with van der Waals surface area (Å²) < 4.78 is 53.6. The number of benzene rings is 2. The molecule has 1 N–H and O–H groups in total. The molecule has 0 bridgehead atoms. The summed E-state index contributed by atoms with van der Waals surface area (Å²) in [6.45, 7) is 4.03. The number of amides is 1. The average Bonchev–Trinajstić information content (AvgIpc) is 2.63. The van der Waals surface area contributed by atoms with Gasteiger partial charge in [0.25, 0.3) is 0 Å². The van der Waals surface area contributed by atoms with Crippen molar-refractivity contribution in [3.63, 3.8) is 0 Å². The van der Waals surface area contributed by atoms with Crippen LogP contribution in [0, 0.1) is 31.4 Å². The summed E-state index contributed by atoms with van der Waals surface area (Å²) in [6, 6.07) is 8.10. The molecule has 0 unspecified atom stereocenters. The number of nitrogens with one attached hydrogen (secondary N) is 1. The van der Waals surface area contributed by atoms with Gasteiger partial charge in [-0.15, -0.1) is 0 Å². The Kier molecular flexibility index (Phi) is 5.81. The molecule has 8 heteroatoms. The normalized spacial score (nSPS) is 16.1. The van der Waals surface area contributed by atoms with Crippen LogP contribution in [0.4, 0.5) is 14.5 Å². The topological polar surface area (TPSA) is 66.5 Å². The number of carbonyl (C=O) groups is 1. The third kappa shape index (κ3) is 4.39. The van der Waals surface area contributed by atoms with Crippen LogP contribution in [-0.2, 0) is 14.8 Å². The van der Waals surface area contributed by atoms with E-state index in [2.05, 4.69) is 5.32 Å². The Morgan fingerprint density at radius 3 is 2.25 bits per heavy atom. The first kappa shape index (κ1) is 20.4. The molecule has 0 saturated carbocycles. The van der Waals surface area contributed by atoms with E-state index in [0.29, 0.717) is 24.6 Å². The maximum atomic E-state index is 13.9. The predicted octanol–water partition coefficient (Wildman–Crippen LogP) is 3.62. The van der Waals surface area contributed by atoms with Crippen molar-refractivity contribution in [1.29, 1.82) is 0 Å². The van der Waals surface area contributed by atoms with E-state index in [1.54, 1.807) is 0 Å². The van der Waals surface area contributed by atoms with Gasteiger partial charge in [-0.05, 0) is 68.1 Å². The second kappa shape index (κ2) is 7.97. The van der Waals surface area contributed by atoms with Gasteiger partial charge in [-0.3, -0.25) is 4.79 Å². The first-order valence-electron chi connectivity index (χ1n) is 9.01. The minimum atomic E-state index is -4.15. The third-order valence-corrected chi connectivity index (χ3v) is 6.74. The number of carbonyl (C=O) groups excluding carboxylic acids is 1. The fourth-order valence-corrected chi connectivity index (χ4v) is 5.01. The number of hydrogen-bond donors (Lipinski definition) is 1. The molecule has 1 heterocycles. The Balaban J connectivity index is 1.66. The Labute approximate surface area is 163 Å². The van der Waals surface area contributed by atoms with E-state index < -0.39 is 26.6 Å². The Morgan fingerprint density at radius 2 is 1.64 bits per heavy atom. The smallest absolute Gasteiger partial charge is 0.246 e. The Bertz CT molecular complexity index is 980. The quantitative estimate of drug-likeness (QED) is 0.840. The van der Waals surface area contributed by atoms with Crippen LogP contribution in [0.5, 0.6) is 0 Å². The van der Waals surface area contributed by atoms with Gasteiger partial charge in [-0.2, -0.15) is 4.31 Å². The highest BCUT2D eigenvalue weighted by Gasteiger charge is 2.33. The standard InChI is InChI=1S/C20H22F2N2O3S/c1-13-9-14(2)11-17(10-13)23-20(25)15-5-7-24(8-6-15)28(26,27)19-12-16(21)3-4-18(19)22/h3-4,9-12,15H,5-8H2,1-2H3,(H,23,25). The van der Waals surface area contributed by atoms with Gasteiger partial charge >= 0.3 is 0 Å². The third-order valence-electron chi connectivity index (χ3n) is 4.83. The lowest BCUT2D eigenvalue weighted by Gasteiger charge is -2.30. The zero-order chi connectivity index (χ0) is 20.5. The highest BCUT2D eigenvalue weighted by atomic mass is 32.2. The molecular formula is C20H22F2N2O3S. The molecule has 2 aromatic carbocycles. The van der Waals surface area contributed by atoms with Crippen LogP contribution in [0.15, 0.2) is 41.3 Å². The van der Waals surface area contributed by atoms with Gasteiger partial charge in [-0.1, -0.05) is 6.07 Å². The summed E-state index contributed by atoms with van der Waals surface area (Å²) in [5.41, 5.74) is 2.78. The van der Waals surface area contributed by atoms with Gasteiger partial charge in [-0.25, -0.2) is 17.2 Å². The SMILES string of the molecule is Cc1cc(C)cc(NC(=O)C2CCN(S(=O)(=O)c3cc(F)ccc3F)CC2)c1. The van der Waals surface area contributed by atoms with Gasteiger partial charge in [0, 0.05) is 24.7 Å². The maximum absolute atomic E-state index is 13.9. The molecular weight excluding hydrogens is 386 g/mol. The lowest BCUT2D eigenvalue weighted by Crippen LogP contribution is -2.41. The second-order valence-electron chi connectivity index (χ2n) is 7.12. The van der Waals surface area contributed by atoms with E-state index in [0.717, 1.165) is 27.6 Å². The van der Waals surface area contributed by atoms with Crippen LogP contribution in [0.1, 0.15) is 24.0 Å². The van der Waals surface area contributed by atoms with Crippen molar-refractivity contribution in [2.24, 2.45) is 5.92 Å². The molecule has 2 aromatic rings. The molecule has 3 rings (SSSR count). The first-order chi connectivity index (χ1) is 13.2. The van der Waals surface area contributed by atoms with Crippen molar-refractivity contribution < 1.29 is 22.0 Å². The summed E-state index contributed by atoms with van der Waals surface area (Å²) in [5, 5.41) is 2.88. The van der Waals surface area contributed by atoms with Gasteiger partial charge < -0.3 is 5.32 Å². The Morgan fingerprint density at radius 1 is 1.04 bits per heavy atom. The number of aryl methyl sites for hydroxylation is 2. The van der Waals surface area contributed by atoms with Crippen LogP contribution in [-0.4, -0.2) is 31.7 Å². The van der Waals surface area contributed by atoms with Crippen LogP contribution in [0.3, 0.4) is 0 Å². The van der Waals surface area contributed by atoms with Gasteiger partial charge in [0.2, 0.25) is 15.9 Å². The van der Waals surface area contributed by atoms with Gasteiger partial charge in [0.1, 0.15) is 16.5 Å².